The van der Waals surface area contributed by atoms with Crippen molar-refractivity contribution in [3.05, 3.63) is 0 Å². The summed E-state index contributed by atoms with van der Waals surface area (Å²) in [6.45, 7) is 5.52. The van der Waals surface area contributed by atoms with Crippen molar-refractivity contribution in [3.63, 3.8) is 0 Å². The van der Waals surface area contributed by atoms with Crippen molar-refractivity contribution in [2.45, 2.75) is 64.1 Å². The van der Waals surface area contributed by atoms with Gasteiger partial charge < -0.3 is 4.74 Å². The first-order valence-corrected chi connectivity index (χ1v) is 5.94. The van der Waals surface area contributed by atoms with E-state index in [9.17, 15) is 9.59 Å². The van der Waals surface area contributed by atoms with Gasteiger partial charge in [0.1, 0.15) is 11.6 Å². The molecule has 1 aliphatic heterocycles. The first-order valence-electron chi connectivity index (χ1n) is 5.94. The van der Waals surface area contributed by atoms with Gasteiger partial charge in [-0.2, -0.15) is 0 Å². The van der Waals surface area contributed by atoms with Gasteiger partial charge in [0.25, 0.3) is 0 Å². The van der Waals surface area contributed by atoms with Gasteiger partial charge in [-0.1, -0.05) is 6.42 Å². The van der Waals surface area contributed by atoms with Gasteiger partial charge in [-0.25, -0.2) is 4.79 Å². The third-order valence-electron chi connectivity index (χ3n) is 3.04. The van der Waals surface area contributed by atoms with Gasteiger partial charge in [-0.15, -0.1) is 0 Å². The summed E-state index contributed by atoms with van der Waals surface area (Å²) in [4.78, 5) is 25.1. The lowest BCUT2D eigenvalue weighted by Crippen LogP contribution is -2.29. The highest BCUT2D eigenvalue weighted by atomic mass is 16.6. The van der Waals surface area contributed by atoms with Gasteiger partial charge >= 0.3 is 6.09 Å². The summed E-state index contributed by atoms with van der Waals surface area (Å²) < 4.78 is 5.28. The summed E-state index contributed by atoms with van der Waals surface area (Å²) in [5.41, 5.74) is -0.484. The van der Waals surface area contributed by atoms with Gasteiger partial charge in [0, 0.05) is 6.42 Å². The Bertz CT molecular complexity index is 319. The number of rotatable bonds is 0. The minimum atomic E-state index is -0.484. The monoisotopic (exact) mass is 225 g/mol. The van der Waals surface area contributed by atoms with Crippen LogP contribution in [0.25, 0.3) is 0 Å². The van der Waals surface area contributed by atoms with Crippen LogP contribution in [0.1, 0.15) is 46.5 Å². The fraction of sp³-hybridized carbons (Fsp3) is 0.833. The molecule has 0 radical (unpaired) electrons. The maximum Gasteiger partial charge on any atom is 0.411 e. The lowest BCUT2D eigenvalue weighted by Gasteiger charge is -2.20. The number of fused-ring (bicyclic) bond motifs is 1. The summed E-state index contributed by atoms with van der Waals surface area (Å²) in [6, 6.07) is -0.0674. The SMILES string of the molecule is CC(C)(C)OC(=O)N1C2CCCCC(=O)C21. The molecule has 1 aliphatic carbocycles. The second kappa shape index (κ2) is 3.75. The number of Topliss-reactive ketones (excluding diaryl/α,β-unsaturated/α-hetero) is 1. The lowest BCUT2D eigenvalue weighted by molar-refractivity contribution is -0.119. The molecule has 4 heteroatoms. The Hall–Kier alpha value is -1.06. The predicted molar refractivity (Wildman–Crippen MR) is 59.1 cm³/mol. The summed E-state index contributed by atoms with van der Waals surface area (Å²) in [5.74, 6) is 0.202. The van der Waals surface area contributed by atoms with Crippen molar-refractivity contribution < 1.29 is 14.3 Å². The Kier molecular flexibility index (Phi) is 2.68. The molecule has 0 aromatic rings. The smallest absolute Gasteiger partial charge is 0.411 e. The van der Waals surface area contributed by atoms with Gasteiger partial charge in [0.15, 0.2) is 5.78 Å². The molecule has 1 saturated heterocycles. The van der Waals surface area contributed by atoms with Crippen LogP contribution in [-0.2, 0) is 9.53 Å². The van der Waals surface area contributed by atoms with E-state index in [1.54, 1.807) is 4.90 Å². The molecular weight excluding hydrogens is 206 g/mol. The summed E-state index contributed by atoms with van der Waals surface area (Å²) in [5, 5.41) is 0. The molecule has 1 heterocycles. The van der Waals surface area contributed by atoms with Crippen molar-refractivity contribution in [2.75, 3.05) is 0 Å². The van der Waals surface area contributed by atoms with Gasteiger partial charge in [0.05, 0.1) is 6.04 Å². The van der Waals surface area contributed by atoms with Crippen LogP contribution in [0.4, 0.5) is 4.79 Å². The number of nitrogens with zero attached hydrogens (tertiary/aromatic N) is 1. The van der Waals surface area contributed by atoms with Crippen molar-refractivity contribution in [1.82, 2.24) is 4.90 Å². The number of amides is 1. The molecule has 0 aromatic heterocycles. The molecule has 0 N–H and O–H groups in total. The third-order valence-corrected chi connectivity index (χ3v) is 3.04. The van der Waals surface area contributed by atoms with Gasteiger partial charge in [-0.3, -0.25) is 9.69 Å². The van der Waals surface area contributed by atoms with Crippen LogP contribution in [0.2, 0.25) is 0 Å². The Labute approximate surface area is 95.9 Å². The molecule has 90 valence electrons. The van der Waals surface area contributed by atoms with Crippen molar-refractivity contribution in [3.8, 4) is 0 Å². The van der Waals surface area contributed by atoms with Crippen LogP contribution < -0.4 is 0 Å². The highest BCUT2D eigenvalue weighted by Gasteiger charge is 2.56. The fourth-order valence-corrected chi connectivity index (χ4v) is 2.31. The van der Waals surface area contributed by atoms with E-state index in [4.69, 9.17) is 4.74 Å². The third kappa shape index (κ3) is 2.20. The van der Waals surface area contributed by atoms with E-state index in [-0.39, 0.29) is 24.0 Å². The van der Waals surface area contributed by atoms with Gasteiger partial charge in [0.2, 0.25) is 0 Å². The summed E-state index contributed by atoms with van der Waals surface area (Å²) in [7, 11) is 0. The average Bonchev–Trinajstić information content (AvgIpc) is 2.82. The number of ether oxygens (including phenoxy) is 1. The Balaban J connectivity index is 1.98. The van der Waals surface area contributed by atoms with Crippen LogP contribution in [-0.4, -0.2) is 34.5 Å². The zero-order valence-corrected chi connectivity index (χ0v) is 10.2. The molecule has 4 nitrogen and oxygen atoms in total. The largest absolute Gasteiger partial charge is 0.444 e. The maximum absolute atomic E-state index is 11.8. The lowest BCUT2D eigenvalue weighted by atomic mass is 10.2. The molecular formula is C12H19NO3. The summed E-state index contributed by atoms with van der Waals surface area (Å²) in [6.07, 6.45) is 3.22. The molecule has 1 amide bonds. The van der Waals surface area contributed by atoms with E-state index in [0.29, 0.717) is 6.42 Å². The van der Waals surface area contributed by atoms with Crippen LogP contribution in [0.3, 0.4) is 0 Å². The number of hydrogen-bond acceptors (Lipinski definition) is 3. The zero-order chi connectivity index (χ0) is 11.9. The Morgan fingerprint density at radius 2 is 2.06 bits per heavy atom. The molecule has 2 unspecified atom stereocenters. The van der Waals surface area contributed by atoms with E-state index in [1.165, 1.54) is 0 Å². The molecule has 2 rings (SSSR count). The molecule has 0 aromatic carbocycles. The number of likely N-dealkylation sites (tertiary alicyclic amines) is 1. The van der Waals surface area contributed by atoms with E-state index < -0.39 is 5.60 Å². The average molecular weight is 225 g/mol. The molecule has 16 heavy (non-hydrogen) atoms. The van der Waals surface area contributed by atoms with Crippen LogP contribution in [0.5, 0.6) is 0 Å². The minimum Gasteiger partial charge on any atom is -0.444 e. The number of ketones is 1. The summed E-state index contributed by atoms with van der Waals surface area (Å²) >= 11 is 0. The molecule has 0 bridgehead atoms. The standard InChI is InChI=1S/C12H19NO3/c1-12(2,3)16-11(15)13-8-6-4-5-7-9(14)10(8)13/h8,10H,4-7H2,1-3H3. The fourth-order valence-electron chi connectivity index (χ4n) is 2.31. The van der Waals surface area contributed by atoms with E-state index in [2.05, 4.69) is 0 Å². The number of hydrogen-bond donors (Lipinski definition) is 0. The zero-order valence-electron chi connectivity index (χ0n) is 10.2. The molecule has 2 fully saturated rings. The molecule has 2 aliphatic rings. The van der Waals surface area contributed by atoms with E-state index >= 15 is 0 Å². The molecule has 0 spiro atoms. The quantitative estimate of drug-likeness (QED) is 0.593. The van der Waals surface area contributed by atoms with Crippen molar-refractivity contribution in [1.29, 1.82) is 0 Å². The van der Waals surface area contributed by atoms with Crippen LogP contribution in [0, 0.1) is 0 Å². The highest BCUT2D eigenvalue weighted by molar-refractivity contribution is 5.93. The first kappa shape index (κ1) is 11.4. The number of carbonyl (C=O) groups excluding carboxylic acids is 2. The second-order valence-corrected chi connectivity index (χ2v) is 5.61. The van der Waals surface area contributed by atoms with E-state index in [1.807, 2.05) is 20.8 Å². The predicted octanol–water partition coefficient (Wildman–Crippen LogP) is 2.12. The van der Waals surface area contributed by atoms with Crippen molar-refractivity contribution >= 4 is 11.9 Å². The molecule has 2 atom stereocenters. The van der Waals surface area contributed by atoms with Crippen LogP contribution >= 0.6 is 0 Å². The Morgan fingerprint density at radius 3 is 2.69 bits per heavy atom. The minimum absolute atomic E-state index is 0.116. The maximum atomic E-state index is 11.8. The number of carbonyl (C=O) groups is 2. The highest BCUT2D eigenvalue weighted by Crippen LogP contribution is 2.38. The van der Waals surface area contributed by atoms with E-state index in [0.717, 1.165) is 19.3 Å². The molecule has 1 saturated carbocycles. The van der Waals surface area contributed by atoms with Crippen molar-refractivity contribution in [2.24, 2.45) is 0 Å². The Morgan fingerprint density at radius 1 is 1.38 bits per heavy atom. The van der Waals surface area contributed by atoms with Gasteiger partial charge in [-0.05, 0) is 33.6 Å². The first-order chi connectivity index (χ1) is 7.40. The second-order valence-electron chi connectivity index (χ2n) is 5.61. The van der Waals surface area contributed by atoms with Crippen LogP contribution in [0.15, 0.2) is 0 Å². The normalized spacial score (nSPS) is 29.4. The topological polar surface area (TPSA) is 46.4 Å².